The summed E-state index contributed by atoms with van der Waals surface area (Å²) in [6, 6.07) is -0.396. The number of ketones is 1. The maximum absolute atomic E-state index is 14.3. The first-order valence-corrected chi connectivity index (χ1v) is 10.7. The minimum absolute atomic E-state index is 0.105. The second-order valence-electron chi connectivity index (χ2n) is 7.01. The van der Waals surface area contributed by atoms with Crippen LogP contribution in [0.3, 0.4) is 0 Å². The van der Waals surface area contributed by atoms with Gasteiger partial charge in [-0.05, 0) is 25.7 Å². The Bertz CT molecular complexity index is 784. The summed E-state index contributed by atoms with van der Waals surface area (Å²) in [4.78, 5) is 9.03. The first-order chi connectivity index (χ1) is 13.4. The van der Waals surface area contributed by atoms with Gasteiger partial charge in [0, 0.05) is 0 Å². The van der Waals surface area contributed by atoms with Crippen LogP contribution in [-0.2, 0) is 0 Å². The number of rotatable bonds is 4. The van der Waals surface area contributed by atoms with E-state index in [1.807, 2.05) is 0 Å². The van der Waals surface area contributed by atoms with Gasteiger partial charge >= 0.3 is 12.4 Å². The third kappa shape index (κ3) is 4.62. The van der Waals surface area contributed by atoms with Crippen molar-refractivity contribution in [1.29, 1.82) is 0 Å². The van der Waals surface area contributed by atoms with Crippen LogP contribution in [0.2, 0.25) is 0 Å². The Labute approximate surface area is 170 Å². The van der Waals surface area contributed by atoms with Crippen molar-refractivity contribution >= 4 is 29.3 Å². The summed E-state index contributed by atoms with van der Waals surface area (Å²) in [7, 11) is 0. The largest absolute Gasteiger partial charge is 0.423 e. The molecule has 1 aliphatic carbocycles. The number of thioether (sulfide) groups is 2. The van der Waals surface area contributed by atoms with Crippen molar-refractivity contribution in [3.8, 4) is 0 Å². The molecule has 0 amide bonds. The van der Waals surface area contributed by atoms with Crippen molar-refractivity contribution in [3.63, 3.8) is 0 Å². The number of carbonyl (C=O) groups excluding carboxylic acids is 1. The van der Waals surface area contributed by atoms with E-state index in [0.717, 1.165) is 43.0 Å². The lowest BCUT2D eigenvalue weighted by atomic mass is 9.84. The third-order valence-electron chi connectivity index (χ3n) is 5.09. The highest BCUT2D eigenvalue weighted by Gasteiger charge is 2.53. The number of Topliss-reactive ketones (excluding diaryl/α,β-unsaturated/α-hetero) is 1. The molecule has 0 N–H and O–H groups in total. The maximum Gasteiger partial charge on any atom is 0.423 e. The predicted octanol–water partition coefficient (Wildman–Crippen LogP) is 6.49. The smallest absolute Gasteiger partial charge is 0.290 e. The molecule has 3 nitrogen and oxygen atoms in total. The lowest BCUT2D eigenvalue weighted by Crippen LogP contribution is -2.26. The molecule has 3 rings (SSSR count). The van der Waals surface area contributed by atoms with Crippen LogP contribution >= 0.6 is 23.5 Å². The molecule has 0 unspecified atom stereocenters. The van der Waals surface area contributed by atoms with Crippen LogP contribution in [0, 0.1) is 11.7 Å². The summed E-state index contributed by atoms with van der Waals surface area (Å²) in [6.07, 6.45) is -5.09. The second-order valence-corrected chi connectivity index (χ2v) is 9.54. The highest BCUT2D eigenvalue weighted by Crippen LogP contribution is 2.57. The van der Waals surface area contributed by atoms with Crippen LogP contribution in [0.4, 0.5) is 30.7 Å². The third-order valence-corrected chi connectivity index (χ3v) is 7.99. The van der Waals surface area contributed by atoms with Crippen LogP contribution in [0.15, 0.2) is 16.0 Å². The van der Waals surface area contributed by atoms with Crippen molar-refractivity contribution < 1.29 is 35.5 Å². The lowest BCUT2D eigenvalue weighted by Gasteiger charge is -2.28. The van der Waals surface area contributed by atoms with E-state index < -0.39 is 50.1 Å². The Hall–Kier alpha value is -1.17. The van der Waals surface area contributed by atoms with Crippen molar-refractivity contribution in [2.24, 2.45) is 5.92 Å². The Balaban J connectivity index is 1.88. The van der Waals surface area contributed by atoms with Crippen LogP contribution in [0.25, 0.3) is 0 Å². The molecular formula is C17H17F7N2OS2. The van der Waals surface area contributed by atoms with Gasteiger partial charge in [-0.1, -0.05) is 42.8 Å². The molecule has 162 valence electrons. The molecular weight excluding hydrogens is 445 g/mol. The van der Waals surface area contributed by atoms with Crippen molar-refractivity contribution in [3.05, 3.63) is 27.5 Å². The molecule has 0 bridgehead atoms. The zero-order valence-electron chi connectivity index (χ0n) is 15.1. The fourth-order valence-corrected chi connectivity index (χ4v) is 6.29. The van der Waals surface area contributed by atoms with E-state index in [-0.39, 0.29) is 29.4 Å². The van der Waals surface area contributed by atoms with Gasteiger partial charge in [0.15, 0.2) is 5.82 Å². The Morgan fingerprint density at radius 3 is 2.07 bits per heavy atom. The average Bonchev–Trinajstić information content (AvgIpc) is 3.25. The van der Waals surface area contributed by atoms with Crippen LogP contribution in [0.5, 0.6) is 0 Å². The molecule has 0 radical (unpaired) electrons. The van der Waals surface area contributed by atoms with E-state index in [4.69, 9.17) is 0 Å². The summed E-state index contributed by atoms with van der Waals surface area (Å²) < 4.78 is 92.0. The Morgan fingerprint density at radius 2 is 1.59 bits per heavy atom. The molecule has 0 aromatic carbocycles. The van der Waals surface area contributed by atoms with Crippen molar-refractivity contribution in [2.75, 3.05) is 0 Å². The molecule has 2 heterocycles. The normalized spacial score (nSPS) is 21.1. The number of nitrogens with zero attached hydrogens (tertiary/aromatic N) is 2. The maximum atomic E-state index is 14.3. The van der Waals surface area contributed by atoms with Gasteiger partial charge < -0.3 is 0 Å². The second kappa shape index (κ2) is 8.16. The van der Waals surface area contributed by atoms with E-state index in [1.165, 1.54) is 0 Å². The topological polar surface area (TPSA) is 34.9 Å². The average molecular weight is 462 g/mol. The molecule has 2 aliphatic rings. The molecule has 29 heavy (non-hydrogen) atoms. The van der Waals surface area contributed by atoms with Crippen molar-refractivity contribution in [1.82, 2.24) is 9.78 Å². The highest BCUT2D eigenvalue weighted by molar-refractivity contribution is 8.24. The molecule has 0 spiro atoms. The molecule has 1 saturated carbocycles. The van der Waals surface area contributed by atoms with Gasteiger partial charge in [-0.2, -0.15) is 31.4 Å². The molecule has 0 saturated heterocycles. The molecule has 1 atom stereocenters. The number of halogens is 7. The van der Waals surface area contributed by atoms with Gasteiger partial charge in [-0.25, -0.2) is 4.39 Å². The number of alkyl halides is 6. The number of allylic oxidation sites excluding steroid dienone is 2. The van der Waals surface area contributed by atoms with E-state index in [9.17, 15) is 35.5 Å². The quantitative estimate of drug-likeness (QED) is 0.379. The van der Waals surface area contributed by atoms with Crippen molar-refractivity contribution in [2.45, 2.75) is 62.0 Å². The number of hydrogen-bond acceptors (Lipinski definition) is 4. The minimum Gasteiger partial charge on any atom is -0.290 e. The van der Waals surface area contributed by atoms with Gasteiger partial charge in [-0.15, -0.1) is 0 Å². The number of aromatic nitrogens is 2. The lowest BCUT2D eigenvalue weighted by molar-refractivity contribution is -0.103. The van der Waals surface area contributed by atoms with Crippen LogP contribution in [-0.4, -0.2) is 32.5 Å². The van der Waals surface area contributed by atoms with E-state index >= 15 is 0 Å². The zero-order chi connectivity index (χ0) is 21.6. The van der Waals surface area contributed by atoms with Gasteiger partial charge in [0.25, 0.3) is 0 Å². The highest BCUT2D eigenvalue weighted by atomic mass is 32.2. The summed E-state index contributed by atoms with van der Waals surface area (Å²) in [5.41, 5.74) is -0.571. The standard InChI is InChI=1S/C17H17F7N2OS2/c1-8(9-5-3-2-4-6-9)26-11(10(18)7-25-26)12(27)15-28-13(16(19,20)21)14(29-15)17(22,23)24/h7-9,15H,2-6H2,1H3/t8-/m1/s1. The van der Waals surface area contributed by atoms with Gasteiger partial charge in [-0.3, -0.25) is 9.48 Å². The summed E-state index contributed by atoms with van der Waals surface area (Å²) in [5, 5.41) is 3.86. The van der Waals surface area contributed by atoms with E-state index in [1.54, 1.807) is 6.92 Å². The molecule has 1 aromatic rings. The first kappa shape index (κ1) is 22.5. The molecule has 1 aromatic heterocycles. The van der Waals surface area contributed by atoms with E-state index in [2.05, 4.69) is 5.10 Å². The fraction of sp³-hybridized carbons (Fsp3) is 0.647. The van der Waals surface area contributed by atoms with Gasteiger partial charge in [0.2, 0.25) is 5.78 Å². The van der Waals surface area contributed by atoms with Gasteiger partial charge in [0.05, 0.1) is 12.2 Å². The van der Waals surface area contributed by atoms with Crippen LogP contribution < -0.4 is 0 Å². The zero-order valence-corrected chi connectivity index (χ0v) is 16.7. The predicted molar refractivity (Wildman–Crippen MR) is 95.9 cm³/mol. The fourth-order valence-electron chi connectivity index (χ4n) is 3.65. The van der Waals surface area contributed by atoms with Gasteiger partial charge in [0.1, 0.15) is 20.1 Å². The summed E-state index contributed by atoms with van der Waals surface area (Å²) in [6.45, 7) is 1.73. The number of hydrogen-bond donors (Lipinski definition) is 0. The van der Waals surface area contributed by atoms with E-state index in [0.29, 0.717) is 0 Å². The molecule has 1 fully saturated rings. The molecule has 1 aliphatic heterocycles. The first-order valence-electron chi connectivity index (χ1n) is 8.90. The summed E-state index contributed by atoms with van der Waals surface area (Å²) in [5.74, 6) is -2.08. The number of carbonyl (C=O) groups is 1. The van der Waals surface area contributed by atoms with Crippen LogP contribution in [0.1, 0.15) is 55.6 Å². The Morgan fingerprint density at radius 1 is 1.07 bits per heavy atom. The minimum atomic E-state index is -5.26. The SMILES string of the molecule is C[C@H](C1CCCCC1)n1ncc(F)c1C(=O)C1SC(C(F)(F)F)=C(C(F)(F)F)S1. The molecule has 12 heteroatoms. The Kier molecular flexibility index (Phi) is 6.34. The monoisotopic (exact) mass is 462 g/mol. The summed E-state index contributed by atoms with van der Waals surface area (Å²) >= 11 is -0.472.